The molecule has 40 heavy (non-hydrogen) atoms. The molecule has 3 atom stereocenters. The maximum Gasteiger partial charge on any atom is 0.416 e. The summed E-state index contributed by atoms with van der Waals surface area (Å²) in [5, 5.41) is 19.2. The van der Waals surface area contributed by atoms with Crippen molar-refractivity contribution in [3.05, 3.63) is 65.0 Å². The van der Waals surface area contributed by atoms with Gasteiger partial charge in [0.05, 0.1) is 24.3 Å². The molecule has 0 aromatic heterocycles. The molecule has 7 nitrogen and oxygen atoms in total. The van der Waals surface area contributed by atoms with Crippen LogP contribution in [0.3, 0.4) is 0 Å². The average molecular weight is 564 g/mol. The topological polar surface area (TPSA) is 99.7 Å². The van der Waals surface area contributed by atoms with E-state index in [0.717, 1.165) is 12.1 Å². The Labute approximate surface area is 230 Å². The number of aliphatic hydroxyl groups is 1. The number of nitrogens with one attached hydrogen (secondary N) is 3. The van der Waals surface area contributed by atoms with E-state index in [1.165, 1.54) is 24.3 Å². The second-order valence-corrected chi connectivity index (χ2v) is 9.70. The lowest BCUT2D eigenvalue weighted by Crippen LogP contribution is -2.54. The summed E-state index contributed by atoms with van der Waals surface area (Å²) in [5.41, 5.74) is 0.0116. The van der Waals surface area contributed by atoms with Gasteiger partial charge in [0.25, 0.3) is 0 Å². The fraction of sp³-hybridized carbons (Fsp3) is 0.448. The van der Waals surface area contributed by atoms with Gasteiger partial charge in [-0.1, -0.05) is 18.2 Å². The molecule has 4 N–H and O–H groups in total. The Morgan fingerprint density at radius 3 is 2.67 bits per heavy atom. The van der Waals surface area contributed by atoms with E-state index >= 15 is 0 Å². The second kappa shape index (κ2) is 14.7. The highest BCUT2D eigenvalue weighted by atomic mass is 19.4. The van der Waals surface area contributed by atoms with Crippen LogP contribution in [0.5, 0.6) is 5.75 Å². The lowest BCUT2D eigenvalue weighted by molar-refractivity contribution is -0.137. The number of carbonyl (C=O) groups is 2. The van der Waals surface area contributed by atoms with E-state index in [1.807, 2.05) is 0 Å². The number of halogens is 4. The van der Waals surface area contributed by atoms with Gasteiger partial charge in [-0.3, -0.25) is 9.59 Å². The molecule has 11 heteroatoms. The third-order valence-corrected chi connectivity index (χ3v) is 6.41. The standard InChI is InChI=1S/C29H33F4N3O4/c1-2-7-24-28(39)36-25(26(37)18-34-17-19-8-6-9-21(12-19)29(31,32)33)15-20-13-22(30)16-23(14-20)40-11-5-3-4-10-27(38)35-24/h1,6,8-9,12-14,16,24-26,34,37H,3-5,7,10-11,15,17-18H2,(H,35,38)(H,36,39)/t24?,25?,26-/m1/s1. The molecule has 0 spiro atoms. The van der Waals surface area contributed by atoms with Crippen molar-refractivity contribution in [1.29, 1.82) is 0 Å². The van der Waals surface area contributed by atoms with E-state index in [0.29, 0.717) is 42.7 Å². The van der Waals surface area contributed by atoms with Crippen LogP contribution in [-0.4, -0.2) is 48.3 Å². The van der Waals surface area contributed by atoms with E-state index in [1.54, 1.807) is 6.07 Å². The molecular formula is C29H33F4N3O4. The zero-order valence-electron chi connectivity index (χ0n) is 21.9. The number of amides is 2. The maximum atomic E-state index is 14.4. The molecule has 2 amide bonds. The Kier molecular flexibility index (Phi) is 11.3. The Balaban J connectivity index is 1.79. The van der Waals surface area contributed by atoms with E-state index in [-0.39, 0.29) is 38.3 Å². The Bertz CT molecular complexity index is 1200. The van der Waals surface area contributed by atoms with Crippen molar-refractivity contribution in [2.75, 3.05) is 13.2 Å². The number of ether oxygens (including phenoxy) is 1. The van der Waals surface area contributed by atoms with Crippen molar-refractivity contribution in [2.24, 2.45) is 0 Å². The summed E-state index contributed by atoms with van der Waals surface area (Å²) < 4.78 is 59.1. The molecule has 2 aromatic carbocycles. The number of alkyl halides is 3. The Hall–Kier alpha value is -3.62. The van der Waals surface area contributed by atoms with Gasteiger partial charge in [-0.05, 0) is 55.0 Å². The van der Waals surface area contributed by atoms with Gasteiger partial charge in [-0.2, -0.15) is 13.2 Å². The van der Waals surface area contributed by atoms with E-state index in [4.69, 9.17) is 11.2 Å². The van der Waals surface area contributed by atoms with Gasteiger partial charge < -0.3 is 25.8 Å². The van der Waals surface area contributed by atoms with Crippen molar-refractivity contribution < 1.29 is 37.0 Å². The average Bonchev–Trinajstić information content (AvgIpc) is 2.89. The highest BCUT2D eigenvalue weighted by Gasteiger charge is 2.30. The zero-order valence-corrected chi connectivity index (χ0v) is 21.9. The monoisotopic (exact) mass is 563 g/mol. The highest BCUT2D eigenvalue weighted by molar-refractivity contribution is 5.88. The van der Waals surface area contributed by atoms with E-state index in [2.05, 4.69) is 21.9 Å². The first-order valence-electron chi connectivity index (χ1n) is 13.1. The van der Waals surface area contributed by atoms with Crippen molar-refractivity contribution in [2.45, 2.75) is 69.4 Å². The first kappa shape index (κ1) is 30.9. The predicted molar refractivity (Wildman–Crippen MR) is 141 cm³/mol. The summed E-state index contributed by atoms with van der Waals surface area (Å²) in [6.45, 7) is 0.244. The number of aliphatic hydroxyl groups excluding tert-OH is 1. The molecule has 3 rings (SSSR count). The Morgan fingerprint density at radius 1 is 1.12 bits per heavy atom. The van der Waals surface area contributed by atoms with Gasteiger partial charge in [-0.15, -0.1) is 12.3 Å². The van der Waals surface area contributed by atoms with Crippen LogP contribution >= 0.6 is 0 Å². The number of benzene rings is 2. The summed E-state index contributed by atoms with van der Waals surface area (Å²) in [5.74, 6) is 1.16. The lowest BCUT2D eigenvalue weighted by Gasteiger charge is -2.27. The molecule has 2 aromatic rings. The van der Waals surface area contributed by atoms with Crippen LogP contribution in [-0.2, 0) is 28.7 Å². The van der Waals surface area contributed by atoms with Gasteiger partial charge in [0, 0.05) is 32.0 Å². The van der Waals surface area contributed by atoms with Crippen LogP contribution in [0, 0.1) is 18.2 Å². The number of rotatable bonds is 6. The molecule has 216 valence electrons. The van der Waals surface area contributed by atoms with Crippen LogP contribution in [0.15, 0.2) is 42.5 Å². The minimum absolute atomic E-state index is 0.00296. The predicted octanol–water partition coefficient (Wildman–Crippen LogP) is 3.48. The minimum atomic E-state index is -4.48. The van der Waals surface area contributed by atoms with Crippen molar-refractivity contribution in [3.63, 3.8) is 0 Å². The van der Waals surface area contributed by atoms with Gasteiger partial charge >= 0.3 is 6.18 Å². The molecule has 2 unspecified atom stereocenters. The number of carbonyl (C=O) groups excluding carboxylic acids is 2. The number of fused-ring (bicyclic) bond motifs is 2. The molecule has 2 bridgehead atoms. The first-order valence-corrected chi connectivity index (χ1v) is 13.1. The SMILES string of the molecule is C#CCC1NC(=O)CCCCCOc2cc(F)cc(c2)CC([C@H](O)CNCc2cccc(C(F)(F)F)c2)NC1=O. The minimum Gasteiger partial charge on any atom is -0.493 e. The quantitative estimate of drug-likeness (QED) is 0.319. The molecule has 0 saturated carbocycles. The molecule has 0 radical (unpaired) electrons. The number of terminal acetylenes is 1. The first-order chi connectivity index (χ1) is 19.0. The van der Waals surface area contributed by atoms with Crippen LogP contribution in [0.1, 0.15) is 48.8 Å². The van der Waals surface area contributed by atoms with Gasteiger partial charge in [-0.25, -0.2) is 4.39 Å². The zero-order chi connectivity index (χ0) is 29.1. The molecule has 0 saturated heterocycles. The largest absolute Gasteiger partial charge is 0.493 e. The third-order valence-electron chi connectivity index (χ3n) is 6.41. The fourth-order valence-electron chi connectivity index (χ4n) is 4.35. The molecule has 1 heterocycles. The van der Waals surface area contributed by atoms with Gasteiger partial charge in [0.1, 0.15) is 17.6 Å². The van der Waals surface area contributed by atoms with Crippen LogP contribution < -0.4 is 20.7 Å². The lowest BCUT2D eigenvalue weighted by atomic mass is 9.99. The summed E-state index contributed by atoms with van der Waals surface area (Å²) in [6.07, 6.45) is 1.71. The number of hydrogen-bond donors (Lipinski definition) is 4. The van der Waals surface area contributed by atoms with Crippen LogP contribution in [0.2, 0.25) is 0 Å². The molecular weight excluding hydrogens is 530 g/mol. The molecule has 0 fully saturated rings. The maximum absolute atomic E-state index is 14.4. The van der Waals surface area contributed by atoms with Crippen molar-refractivity contribution >= 4 is 11.8 Å². The molecule has 1 aliphatic rings. The van der Waals surface area contributed by atoms with Crippen molar-refractivity contribution in [3.8, 4) is 18.1 Å². The molecule has 1 aliphatic heterocycles. The summed E-state index contributed by atoms with van der Waals surface area (Å²) in [7, 11) is 0. The summed E-state index contributed by atoms with van der Waals surface area (Å²) in [6, 6.07) is 6.92. The third kappa shape index (κ3) is 9.84. The fourth-order valence-corrected chi connectivity index (χ4v) is 4.35. The van der Waals surface area contributed by atoms with Crippen molar-refractivity contribution in [1.82, 2.24) is 16.0 Å². The van der Waals surface area contributed by atoms with Gasteiger partial charge in [0.15, 0.2) is 0 Å². The number of hydrogen-bond acceptors (Lipinski definition) is 5. The van der Waals surface area contributed by atoms with Crippen LogP contribution in [0.25, 0.3) is 0 Å². The van der Waals surface area contributed by atoms with Gasteiger partial charge in [0.2, 0.25) is 11.8 Å². The summed E-state index contributed by atoms with van der Waals surface area (Å²) >= 11 is 0. The smallest absolute Gasteiger partial charge is 0.416 e. The normalized spacial score (nSPS) is 20.0. The van der Waals surface area contributed by atoms with E-state index in [9.17, 15) is 32.3 Å². The second-order valence-electron chi connectivity index (χ2n) is 9.70. The highest BCUT2D eigenvalue weighted by Crippen LogP contribution is 2.29. The summed E-state index contributed by atoms with van der Waals surface area (Å²) in [4.78, 5) is 25.5. The Morgan fingerprint density at radius 2 is 1.93 bits per heavy atom. The molecule has 0 aliphatic carbocycles. The van der Waals surface area contributed by atoms with Crippen LogP contribution in [0.4, 0.5) is 17.6 Å². The van der Waals surface area contributed by atoms with E-state index < -0.39 is 41.7 Å².